The summed E-state index contributed by atoms with van der Waals surface area (Å²) in [5.41, 5.74) is 2.45. The molecule has 154 valence electrons. The molecule has 1 aliphatic rings. The molecule has 1 fully saturated rings. The molecular weight excluding hydrogens is 371 g/mol. The molecule has 1 saturated heterocycles. The Morgan fingerprint density at radius 2 is 1.66 bits per heavy atom. The Kier molecular flexibility index (Phi) is 6.95. The van der Waals surface area contributed by atoms with E-state index < -0.39 is 0 Å². The van der Waals surface area contributed by atoms with Crippen molar-refractivity contribution in [1.82, 2.24) is 9.80 Å². The summed E-state index contributed by atoms with van der Waals surface area (Å²) in [7, 11) is 0. The molecule has 1 atom stereocenters. The van der Waals surface area contributed by atoms with Gasteiger partial charge in [-0.05, 0) is 49.7 Å². The summed E-state index contributed by atoms with van der Waals surface area (Å²) in [5.74, 6) is -0.489. The van der Waals surface area contributed by atoms with Crippen molar-refractivity contribution in [2.75, 3.05) is 43.4 Å². The average Bonchev–Trinajstić information content (AvgIpc) is 2.71. The SMILES string of the molecule is Cc1ccccc1NC(=O)C(C)N1CCN(CC(=O)Nc2ccc(F)cc2)CC1. The monoisotopic (exact) mass is 398 g/mol. The van der Waals surface area contributed by atoms with Crippen molar-refractivity contribution in [3.05, 3.63) is 59.9 Å². The van der Waals surface area contributed by atoms with Gasteiger partial charge in [-0.1, -0.05) is 18.2 Å². The van der Waals surface area contributed by atoms with Crippen LogP contribution in [0, 0.1) is 12.7 Å². The topological polar surface area (TPSA) is 64.7 Å². The van der Waals surface area contributed by atoms with Crippen LogP contribution in [0.4, 0.5) is 15.8 Å². The van der Waals surface area contributed by atoms with E-state index in [-0.39, 0.29) is 30.2 Å². The molecule has 0 bridgehead atoms. The molecule has 2 aromatic rings. The zero-order valence-electron chi connectivity index (χ0n) is 16.8. The fourth-order valence-electron chi connectivity index (χ4n) is 3.36. The van der Waals surface area contributed by atoms with Gasteiger partial charge in [0.15, 0.2) is 0 Å². The number of aryl methyl sites for hydroxylation is 1. The molecule has 2 N–H and O–H groups in total. The Bertz CT molecular complexity index is 848. The highest BCUT2D eigenvalue weighted by Gasteiger charge is 2.26. The molecule has 29 heavy (non-hydrogen) atoms. The predicted molar refractivity (Wildman–Crippen MR) is 112 cm³/mol. The lowest BCUT2D eigenvalue weighted by Crippen LogP contribution is -2.53. The van der Waals surface area contributed by atoms with Crippen LogP contribution in [0.25, 0.3) is 0 Å². The average molecular weight is 398 g/mol. The van der Waals surface area contributed by atoms with Crippen LogP contribution in [0.3, 0.4) is 0 Å². The third-order valence-electron chi connectivity index (χ3n) is 5.23. The normalized spacial score (nSPS) is 16.2. The van der Waals surface area contributed by atoms with Crippen LogP contribution in [-0.4, -0.2) is 60.4 Å². The van der Waals surface area contributed by atoms with E-state index in [0.29, 0.717) is 31.9 Å². The van der Waals surface area contributed by atoms with Gasteiger partial charge in [-0.25, -0.2) is 4.39 Å². The summed E-state index contributed by atoms with van der Waals surface area (Å²) in [6.45, 7) is 6.99. The number of anilines is 2. The fourth-order valence-corrected chi connectivity index (χ4v) is 3.36. The molecule has 0 radical (unpaired) electrons. The number of nitrogens with one attached hydrogen (secondary N) is 2. The second-order valence-corrected chi connectivity index (χ2v) is 7.35. The van der Waals surface area contributed by atoms with Crippen molar-refractivity contribution in [1.29, 1.82) is 0 Å². The minimum atomic E-state index is -0.334. The molecule has 1 unspecified atom stereocenters. The Labute approximate surface area is 170 Å². The second kappa shape index (κ2) is 9.62. The Balaban J connectivity index is 1.44. The zero-order chi connectivity index (χ0) is 20.8. The number of para-hydroxylation sites is 1. The van der Waals surface area contributed by atoms with Gasteiger partial charge in [0.2, 0.25) is 11.8 Å². The molecule has 0 aliphatic carbocycles. The minimum Gasteiger partial charge on any atom is -0.325 e. The number of hydrogen-bond donors (Lipinski definition) is 2. The van der Waals surface area contributed by atoms with Gasteiger partial charge >= 0.3 is 0 Å². The van der Waals surface area contributed by atoms with E-state index in [4.69, 9.17) is 0 Å². The third-order valence-corrected chi connectivity index (χ3v) is 5.23. The standard InChI is InChI=1S/C22H27FN4O2/c1-16-5-3-4-6-20(16)25-22(29)17(2)27-13-11-26(12-14-27)15-21(28)24-19-9-7-18(23)8-10-19/h3-10,17H,11-15H2,1-2H3,(H,24,28)(H,25,29). The largest absolute Gasteiger partial charge is 0.325 e. The molecule has 3 rings (SSSR count). The maximum absolute atomic E-state index is 12.9. The van der Waals surface area contributed by atoms with Gasteiger partial charge in [0.25, 0.3) is 0 Å². The van der Waals surface area contributed by atoms with Crippen LogP contribution in [0.1, 0.15) is 12.5 Å². The van der Waals surface area contributed by atoms with E-state index in [1.54, 1.807) is 12.1 Å². The molecule has 7 heteroatoms. The first kappa shape index (κ1) is 21.0. The number of carbonyl (C=O) groups is 2. The minimum absolute atomic E-state index is 0.0261. The van der Waals surface area contributed by atoms with Crippen LogP contribution in [-0.2, 0) is 9.59 Å². The number of benzene rings is 2. The number of carbonyl (C=O) groups excluding carboxylic acids is 2. The lowest BCUT2D eigenvalue weighted by Gasteiger charge is -2.37. The number of amides is 2. The predicted octanol–water partition coefficient (Wildman–Crippen LogP) is 2.72. The number of halogens is 1. The zero-order valence-corrected chi connectivity index (χ0v) is 16.8. The van der Waals surface area contributed by atoms with Gasteiger partial charge in [-0.15, -0.1) is 0 Å². The van der Waals surface area contributed by atoms with Gasteiger partial charge in [-0.3, -0.25) is 19.4 Å². The van der Waals surface area contributed by atoms with Crippen LogP contribution in [0.2, 0.25) is 0 Å². The molecule has 1 aliphatic heterocycles. The fraction of sp³-hybridized carbons (Fsp3) is 0.364. The number of rotatable bonds is 6. The van der Waals surface area contributed by atoms with Crippen molar-refractivity contribution >= 4 is 23.2 Å². The number of nitrogens with zero attached hydrogens (tertiary/aromatic N) is 2. The van der Waals surface area contributed by atoms with Crippen molar-refractivity contribution in [2.24, 2.45) is 0 Å². The second-order valence-electron chi connectivity index (χ2n) is 7.35. The Morgan fingerprint density at radius 3 is 2.31 bits per heavy atom. The van der Waals surface area contributed by atoms with Crippen molar-refractivity contribution < 1.29 is 14.0 Å². The maximum atomic E-state index is 12.9. The van der Waals surface area contributed by atoms with Crippen molar-refractivity contribution in [3.8, 4) is 0 Å². The van der Waals surface area contributed by atoms with E-state index in [0.717, 1.165) is 11.3 Å². The first-order valence-electron chi connectivity index (χ1n) is 9.80. The van der Waals surface area contributed by atoms with Crippen molar-refractivity contribution in [2.45, 2.75) is 19.9 Å². The maximum Gasteiger partial charge on any atom is 0.241 e. The van der Waals surface area contributed by atoms with Gasteiger partial charge in [0.05, 0.1) is 12.6 Å². The van der Waals surface area contributed by atoms with E-state index >= 15 is 0 Å². The lowest BCUT2D eigenvalue weighted by atomic mass is 10.1. The molecule has 0 spiro atoms. The summed E-state index contributed by atoms with van der Waals surface area (Å²) in [5, 5.41) is 5.77. The van der Waals surface area contributed by atoms with E-state index in [2.05, 4.69) is 20.4 Å². The van der Waals surface area contributed by atoms with Crippen molar-refractivity contribution in [3.63, 3.8) is 0 Å². The van der Waals surface area contributed by atoms with Gasteiger partial charge in [-0.2, -0.15) is 0 Å². The summed E-state index contributed by atoms with van der Waals surface area (Å²) >= 11 is 0. The highest BCUT2D eigenvalue weighted by molar-refractivity contribution is 5.95. The molecule has 1 heterocycles. The first-order chi connectivity index (χ1) is 13.9. The lowest BCUT2D eigenvalue weighted by molar-refractivity contribution is -0.122. The summed E-state index contributed by atoms with van der Waals surface area (Å²) < 4.78 is 12.9. The molecule has 0 saturated carbocycles. The van der Waals surface area contributed by atoms with Gasteiger partial charge < -0.3 is 10.6 Å². The molecule has 0 aromatic heterocycles. The summed E-state index contributed by atoms with van der Waals surface area (Å²) in [6, 6.07) is 13.2. The quantitative estimate of drug-likeness (QED) is 0.785. The smallest absolute Gasteiger partial charge is 0.241 e. The molecule has 2 aromatic carbocycles. The Morgan fingerprint density at radius 1 is 1.00 bits per heavy atom. The molecular formula is C22H27FN4O2. The van der Waals surface area contributed by atoms with Crippen LogP contribution < -0.4 is 10.6 Å². The summed E-state index contributed by atoms with van der Waals surface area (Å²) in [6.07, 6.45) is 0. The highest BCUT2D eigenvalue weighted by Crippen LogP contribution is 2.15. The molecule has 6 nitrogen and oxygen atoms in total. The van der Waals surface area contributed by atoms with Gasteiger partial charge in [0.1, 0.15) is 5.82 Å². The van der Waals surface area contributed by atoms with Crippen LogP contribution in [0.5, 0.6) is 0 Å². The number of piperazine rings is 1. The highest BCUT2D eigenvalue weighted by atomic mass is 19.1. The summed E-state index contributed by atoms with van der Waals surface area (Å²) in [4.78, 5) is 29.0. The van der Waals surface area contributed by atoms with Gasteiger partial charge in [0, 0.05) is 37.6 Å². The number of hydrogen-bond acceptors (Lipinski definition) is 4. The van der Waals surface area contributed by atoms with E-state index in [1.807, 2.05) is 38.1 Å². The van der Waals surface area contributed by atoms with Crippen LogP contribution >= 0.6 is 0 Å². The first-order valence-corrected chi connectivity index (χ1v) is 9.80. The van der Waals surface area contributed by atoms with E-state index in [9.17, 15) is 14.0 Å². The van der Waals surface area contributed by atoms with E-state index in [1.165, 1.54) is 12.1 Å². The third kappa shape index (κ3) is 5.85. The Hall–Kier alpha value is -2.77. The molecule has 2 amide bonds. The van der Waals surface area contributed by atoms with Crippen LogP contribution in [0.15, 0.2) is 48.5 Å².